The van der Waals surface area contributed by atoms with Gasteiger partial charge < -0.3 is 9.47 Å². The maximum atomic E-state index is 11.0. The number of methoxy groups -OCH3 is 1. The Bertz CT molecular complexity index is 384. The fourth-order valence-electron chi connectivity index (χ4n) is 0.878. The summed E-state index contributed by atoms with van der Waals surface area (Å²) in [5, 5.41) is 1.65. The largest absolute Gasteiger partial charge is 0.359 e. The second kappa shape index (κ2) is 5.09. The average Bonchev–Trinajstić information content (AvgIpc) is 2.52. The molecule has 0 spiro atoms. The molecule has 0 fully saturated rings. The first-order valence-electron chi connectivity index (χ1n) is 3.63. The maximum absolute atomic E-state index is 11.0. The average molecular weight is 257 g/mol. The van der Waals surface area contributed by atoms with Crippen molar-refractivity contribution in [1.82, 2.24) is 0 Å². The summed E-state index contributed by atoms with van der Waals surface area (Å²) < 4.78 is 31.9. The lowest BCUT2D eigenvalue weighted by Crippen LogP contribution is -1.99. The third-order valence-electron chi connectivity index (χ3n) is 1.39. The van der Waals surface area contributed by atoms with Gasteiger partial charge in [-0.3, -0.25) is 0 Å². The molecule has 1 aromatic rings. The van der Waals surface area contributed by atoms with Crippen LogP contribution >= 0.6 is 22.0 Å². The highest BCUT2D eigenvalue weighted by Crippen LogP contribution is 2.26. The van der Waals surface area contributed by atoms with E-state index in [0.717, 1.165) is 11.3 Å². The van der Waals surface area contributed by atoms with Crippen LogP contribution < -0.4 is 0 Å². The molecule has 80 valence electrons. The van der Waals surface area contributed by atoms with Crippen LogP contribution in [-0.4, -0.2) is 22.3 Å². The molecule has 1 rings (SSSR count). The second-order valence-electron chi connectivity index (χ2n) is 2.43. The molecule has 0 saturated carbocycles. The van der Waals surface area contributed by atoms with Gasteiger partial charge in [-0.05, 0) is 11.4 Å². The van der Waals surface area contributed by atoms with Crippen LogP contribution in [0.5, 0.6) is 0 Å². The highest BCUT2D eigenvalue weighted by Gasteiger charge is 2.16. The number of halogens is 1. The molecule has 0 atom stereocenters. The van der Waals surface area contributed by atoms with Crippen molar-refractivity contribution in [1.29, 1.82) is 0 Å². The van der Waals surface area contributed by atoms with Crippen LogP contribution in [0.15, 0.2) is 15.7 Å². The van der Waals surface area contributed by atoms with Gasteiger partial charge in [0.1, 0.15) is 11.0 Å². The second-order valence-corrected chi connectivity index (χ2v) is 6.10. The molecule has 0 aliphatic carbocycles. The van der Waals surface area contributed by atoms with Gasteiger partial charge in [-0.25, -0.2) is 8.42 Å². The van der Waals surface area contributed by atoms with Crippen molar-refractivity contribution in [3.63, 3.8) is 0 Å². The van der Waals surface area contributed by atoms with Crippen molar-refractivity contribution in [3.8, 4) is 0 Å². The predicted octanol–water partition coefficient (Wildman–Crippen LogP) is 1.80. The first-order chi connectivity index (χ1) is 6.55. The van der Waals surface area contributed by atoms with E-state index in [1.54, 1.807) is 11.4 Å². The molecular weight excluding hydrogens is 248 g/mol. The zero-order valence-corrected chi connectivity index (χ0v) is 9.79. The van der Waals surface area contributed by atoms with Gasteiger partial charge in [-0.15, -0.1) is 11.3 Å². The van der Waals surface area contributed by atoms with Gasteiger partial charge >= 0.3 is 0 Å². The molecule has 0 aliphatic heterocycles. The van der Waals surface area contributed by atoms with E-state index in [-0.39, 0.29) is 17.6 Å². The molecule has 0 unspecified atom stereocenters. The summed E-state index contributed by atoms with van der Waals surface area (Å²) in [7, 11) is 3.05. The van der Waals surface area contributed by atoms with Crippen molar-refractivity contribution in [3.05, 3.63) is 17.0 Å². The number of thiophene rings is 1. The Hall–Kier alpha value is -0.140. The Morgan fingerprint density at radius 3 is 2.86 bits per heavy atom. The summed E-state index contributed by atoms with van der Waals surface area (Å²) >= 11 is 1.07. The zero-order chi connectivity index (χ0) is 10.6. The van der Waals surface area contributed by atoms with Gasteiger partial charge in [-0.2, -0.15) is 0 Å². The minimum absolute atomic E-state index is 0.123. The molecule has 0 bridgehead atoms. The van der Waals surface area contributed by atoms with Crippen molar-refractivity contribution in [2.24, 2.45) is 0 Å². The summed E-state index contributed by atoms with van der Waals surface area (Å²) in [5.41, 5.74) is 0.557. The molecule has 0 amide bonds. The lowest BCUT2D eigenvalue weighted by atomic mass is 10.4. The number of ether oxygens (including phenoxy) is 2. The van der Waals surface area contributed by atoms with Gasteiger partial charge in [0.25, 0.3) is 9.05 Å². The van der Waals surface area contributed by atoms with E-state index in [1.807, 2.05) is 0 Å². The molecular formula is C7H9ClO4S2. The van der Waals surface area contributed by atoms with Gasteiger partial charge in [-0.1, -0.05) is 0 Å². The minimum atomic E-state index is -3.66. The standard InChI is InChI=1S/C7H9ClO4S2/c1-11-5-12-4-6-2-3-13-7(6)14(8,9)10/h2-3H,4-5H2,1H3. The summed E-state index contributed by atoms with van der Waals surface area (Å²) in [6.45, 7) is 0.302. The van der Waals surface area contributed by atoms with E-state index in [2.05, 4.69) is 4.74 Å². The lowest BCUT2D eigenvalue weighted by Gasteiger charge is -2.01. The first kappa shape index (κ1) is 11.9. The smallest absolute Gasteiger partial charge is 0.271 e. The summed E-state index contributed by atoms with van der Waals surface area (Å²) in [6.07, 6.45) is 0. The third-order valence-corrected chi connectivity index (χ3v) is 4.52. The van der Waals surface area contributed by atoms with Crippen LogP contribution in [0, 0.1) is 0 Å². The highest BCUT2D eigenvalue weighted by molar-refractivity contribution is 8.15. The van der Waals surface area contributed by atoms with Gasteiger partial charge in [0, 0.05) is 23.4 Å². The summed E-state index contributed by atoms with van der Waals surface area (Å²) in [5.74, 6) is 0. The molecule has 14 heavy (non-hydrogen) atoms. The molecule has 0 N–H and O–H groups in total. The van der Waals surface area contributed by atoms with Crippen molar-refractivity contribution in [2.75, 3.05) is 13.9 Å². The topological polar surface area (TPSA) is 52.6 Å². The van der Waals surface area contributed by atoms with E-state index in [9.17, 15) is 8.42 Å². The molecule has 0 aliphatic rings. The van der Waals surface area contributed by atoms with E-state index >= 15 is 0 Å². The normalized spacial score (nSPS) is 11.9. The van der Waals surface area contributed by atoms with Crippen LogP contribution in [0.2, 0.25) is 0 Å². The van der Waals surface area contributed by atoms with Gasteiger partial charge in [0.05, 0.1) is 6.61 Å². The Labute approximate surface area is 90.8 Å². The molecule has 0 aromatic carbocycles. The molecule has 0 radical (unpaired) electrons. The molecule has 7 heteroatoms. The SMILES string of the molecule is COCOCc1ccsc1S(=O)(=O)Cl. The molecule has 1 aromatic heterocycles. The minimum Gasteiger partial charge on any atom is -0.359 e. The van der Waals surface area contributed by atoms with Crippen LogP contribution in [-0.2, 0) is 25.1 Å². The fourth-order valence-corrected chi connectivity index (χ4v) is 3.20. The maximum Gasteiger partial charge on any atom is 0.271 e. The quantitative estimate of drug-likeness (QED) is 0.458. The first-order valence-corrected chi connectivity index (χ1v) is 6.82. The van der Waals surface area contributed by atoms with E-state index in [4.69, 9.17) is 15.4 Å². The molecule has 1 heterocycles. The Kier molecular flexibility index (Phi) is 4.33. The Balaban J connectivity index is 2.74. The Morgan fingerprint density at radius 1 is 1.57 bits per heavy atom. The van der Waals surface area contributed by atoms with Crippen molar-refractivity contribution >= 4 is 31.1 Å². The number of hydrogen-bond donors (Lipinski definition) is 0. The van der Waals surface area contributed by atoms with E-state index < -0.39 is 9.05 Å². The van der Waals surface area contributed by atoms with E-state index in [1.165, 1.54) is 7.11 Å². The fraction of sp³-hybridized carbons (Fsp3) is 0.429. The summed E-state index contributed by atoms with van der Waals surface area (Å²) in [6, 6.07) is 1.66. The lowest BCUT2D eigenvalue weighted by molar-refractivity contribution is -0.0395. The molecule has 0 saturated heterocycles. The van der Waals surface area contributed by atoms with Crippen LogP contribution in [0.4, 0.5) is 0 Å². The van der Waals surface area contributed by atoms with Crippen molar-refractivity contribution < 1.29 is 17.9 Å². The van der Waals surface area contributed by atoms with Gasteiger partial charge in [0.2, 0.25) is 0 Å². The van der Waals surface area contributed by atoms with Crippen LogP contribution in [0.1, 0.15) is 5.56 Å². The number of rotatable bonds is 5. The third kappa shape index (κ3) is 3.21. The van der Waals surface area contributed by atoms with Crippen LogP contribution in [0.25, 0.3) is 0 Å². The predicted molar refractivity (Wildman–Crippen MR) is 54.0 cm³/mol. The van der Waals surface area contributed by atoms with E-state index in [0.29, 0.717) is 5.56 Å². The van der Waals surface area contributed by atoms with Crippen molar-refractivity contribution in [2.45, 2.75) is 10.8 Å². The Morgan fingerprint density at radius 2 is 2.29 bits per heavy atom. The number of hydrogen-bond acceptors (Lipinski definition) is 5. The van der Waals surface area contributed by atoms with Crippen LogP contribution in [0.3, 0.4) is 0 Å². The monoisotopic (exact) mass is 256 g/mol. The molecule has 4 nitrogen and oxygen atoms in total. The summed E-state index contributed by atoms with van der Waals surface area (Å²) in [4.78, 5) is 0. The highest BCUT2D eigenvalue weighted by atomic mass is 35.7. The van der Waals surface area contributed by atoms with Gasteiger partial charge in [0.15, 0.2) is 0 Å². The zero-order valence-electron chi connectivity index (χ0n) is 7.40.